The zero-order valence-electron chi connectivity index (χ0n) is 17.7. The van der Waals surface area contributed by atoms with E-state index in [9.17, 15) is 19.2 Å². The summed E-state index contributed by atoms with van der Waals surface area (Å²) in [7, 11) is 0. The molecule has 4 amide bonds. The lowest BCUT2D eigenvalue weighted by Crippen LogP contribution is -2.41. The number of carbonyl (C=O) groups excluding carboxylic acids is 4. The lowest BCUT2D eigenvalue weighted by Gasteiger charge is -2.26. The van der Waals surface area contributed by atoms with Crippen molar-refractivity contribution < 1.29 is 23.9 Å². The van der Waals surface area contributed by atoms with Crippen molar-refractivity contribution in [1.29, 1.82) is 0 Å². The molecule has 0 aliphatic carbocycles. The van der Waals surface area contributed by atoms with Gasteiger partial charge in [-0.2, -0.15) is 0 Å². The summed E-state index contributed by atoms with van der Waals surface area (Å²) < 4.78 is 5.26. The molecule has 4 rings (SSSR count). The molecule has 2 heterocycles. The Morgan fingerprint density at radius 3 is 2.16 bits per heavy atom. The van der Waals surface area contributed by atoms with Crippen molar-refractivity contribution in [2.75, 3.05) is 38.2 Å². The summed E-state index contributed by atoms with van der Waals surface area (Å²) in [5, 5.41) is 2.81. The van der Waals surface area contributed by atoms with Crippen LogP contribution < -0.4 is 5.32 Å². The van der Waals surface area contributed by atoms with E-state index >= 15 is 0 Å². The fraction of sp³-hybridized carbons (Fsp3) is 0.333. The van der Waals surface area contributed by atoms with Gasteiger partial charge < -0.3 is 15.0 Å². The van der Waals surface area contributed by atoms with Gasteiger partial charge in [0.25, 0.3) is 11.8 Å². The Bertz CT molecular complexity index is 993. The third-order valence-corrected chi connectivity index (χ3v) is 5.62. The minimum Gasteiger partial charge on any atom is -0.378 e. The second-order valence-electron chi connectivity index (χ2n) is 7.83. The number of anilines is 1. The van der Waals surface area contributed by atoms with Crippen LogP contribution in [0.15, 0.2) is 48.5 Å². The van der Waals surface area contributed by atoms with E-state index in [1.54, 1.807) is 41.3 Å². The lowest BCUT2D eigenvalue weighted by atomic mass is 10.1. The number of benzene rings is 2. The standard InChI is InChI=1S/C24H25N3O5/c28-21(6-3-11-27-23(30)19-4-1-2-5-20(19)24(27)31)25-18-9-7-17(8-10-18)16-22(29)26-12-14-32-15-13-26/h1-2,4-5,7-10H,3,6,11-16H2,(H,25,28). The number of carbonyl (C=O) groups is 4. The molecule has 1 saturated heterocycles. The van der Waals surface area contributed by atoms with Crippen molar-refractivity contribution in [2.45, 2.75) is 19.3 Å². The zero-order chi connectivity index (χ0) is 22.5. The van der Waals surface area contributed by atoms with Crippen LogP contribution in [-0.4, -0.2) is 66.3 Å². The van der Waals surface area contributed by atoms with Crippen molar-refractivity contribution in [3.63, 3.8) is 0 Å². The third-order valence-electron chi connectivity index (χ3n) is 5.62. The van der Waals surface area contributed by atoms with Crippen LogP contribution in [0.3, 0.4) is 0 Å². The normalized spacial score (nSPS) is 15.6. The first-order valence-electron chi connectivity index (χ1n) is 10.7. The molecular weight excluding hydrogens is 410 g/mol. The summed E-state index contributed by atoms with van der Waals surface area (Å²) in [5.41, 5.74) is 2.34. The Morgan fingerprint density at radius 1 is 0.906 bits per heavy atom. The molecule has 2 aliphatic heterocycles. The maximum atomic E-state index is 12.4. The van der Waals surface area contributed by atoms with Crippen molar-refractivity contribution >= 4 is 29.3 Å². The van der Waals surface area contributed by atoms with E-state index in [0.29, 0.717) is 56.0 Å². The van der Waals surface area contributed by atoms with Gasteiger partial charge >= 0.3 is 0 Å². The van der Waals surface area contributed by atoms with Gasteiger partial charge in [-0.15, -0.1) is 0 Å². The highest BCUT2D eigenvalue weighted by Crippen LogP contribution is 2.22. The van der Waals surface area contributed by atoms with Gasteiger partial charge in [-0.05, 0) is 36.2 Å². The van der Waals surface area contributed by atoms with Gasteiger partial charge in [-0.1, -0.05) is 24.3 Å². The molecule has 1 fully saturated rings. The molecule has 0 unspecified atom stereocenters. The maximum absolute atomic E-state index is 12.4. The SMILES string of the molecule is O=C(CCCN1C(=O)c2ccccc2C1=O)Nc1ccc(CC(=O)N2CCOCC2)cc1. The van der Waals surface area contributed by atoms with E-state index in [-0.39, 0.29) is 36.6 Å². The van der Waals surface area contributed by atoms with Crippen LogP contribution in [-0.2, 0) is 20.7 Å². The number of hydrogen-bond acceptors (Lipinski definition) is 5. The molecule has 0 aromatic heterocycles. The highest BCUT2D eigenvalue weighted by Gasteiger charge is 2.34. The predicted molar refractivity (Wildman–Crippen MR) is 117 cm³/mol. The number of nitrogens with zero attached hydrogens (tertiary/aromatic N) is 2. The first kappa shape index (κ1) is 21.7. The molecule has 2 aliphatic rings. The monoisotopic (exact) mass is 435 g/mol. The highest BCUT2D eigenvalue weighted by atomic mass is 16.5. The second-order valence-corrected chi connectivity index (χ2v) is 7.83. The van der Waals surface area contributed by atoms with E-state index < -0.39 is 0 Å². The molecular formula is C24H25N3O5. The molecule has 8 heteroatoms. The Kier molecular flexibility index (Phi) is 6.61. The number of morpholine rings is 1. The number of ether oxygens (including phenoxy) is 1. The molecule has 2 aromatic carbocycles. The summed E-state index contributed by atoms with van der Waals surface area (Å²) in [6.45, 7) is 2.58. The summed E-state index contributed by atoms with van der Waals surface area (Å²) in [5.74, 6) is -0.751. The Morgan fingerprint density at radius 2 is 1.53 bits per heavy atom. The molecule has 0 atom stereocenters. The van der Waals surface area contributed by atoms with E-state index in [4.69, 9.17) is 4.74 Å². The molecule has 0 radical (unpaired) electrons. The topological polar surface area (TPSA) is 96.0 Å². The smallest absolute Gasteiger partial charge is 0.261 e. The van der Waals surface area contributed by atoms with E-state index in [2.05, 4.69) is 5.32 Å². The van der Waals surface area contributed by atoms with Crippen LogP contribution in [0.2, 0.25) is 0 Å². The van der Waals surface area contributed by atoms with E-state index in [0.717, 1.165) is 5.56 Å². The Balaban J connectivity index is 1.22. The van der Waals surface area contributed by atoms with Crippen LogP contribution in [0, 0.1) is 0 Å². The average Bonchev–Trinajstić information content (AvgIpc) is 3.06. The highest BCUT2D eigenvalue weighted by molar-refractivity contribution is 6.21. The third kappa shape index (κ3) is 4.86. The van der Waals surface area contributed by atoms with Gasteiger partial charge in [0.1, 0.15) is 0 Å². The average molecular weight is 435 g/mol. The summed E-state index contributed by atoms with van der Waals surface area (Å²) >= 11 is 0. The maximum Gasteiger partial charge on any atom is 0.261 e. The fourth-order valence-electron chi connectivity index (χ4n) is 3.87. The Hall–Kier alpha value is -3.52. The van der Waals surface area contributed by atoms with Gasteiger partial charge in [-0.3, -0.25) is 24.1 Å². The molecule has 166 valence electrons. The van der Waals surface area contributed by atoms with Crippen molar-refractivity contribution in [3.8, 4) is 0 Å². The van der Waals surface area contributed by atoms with Crippen LogP contribution in [0.25, 0.3) is 0 Å². The number of fused-ring (bicyclic) bond motifs is 1. The van der Waals surface area contributed by atoms with Gasteiger partial charge in [0.05, 0.1) is 30.8 Å². The predicted octanol–water partition coefficient (Wildman–Crippen LogP) is 2.10. The largest absolute Gasteiger partial charge is 0.378 e. The van der Waals surface area contributed by atoms with Crippen LogP contribution in [0.4, 0.5) is 5.69 Å². The van der Waals surface area contributed by atoms with Crippen molar-refractivity contribution in [2.24, 2.45) is 0 Å². The first-order chi connectivity index (χ1) is 15.5. The summed E-state index contributed by atoms with van der Waals surface area (Å²) in [6.07, 6.45) is 0.878. The summed E-state index contributed by atoms with van der Waals surface area (Å²) in [6, 6.07) is 13.9. The Labute approximate surface area is 186 Å². The number of amides is 4. The van der Waals surface area contributed by atoms with E-state index in [1.165, 1.54) is 4.90 Å². The number of nitrogens with one attached hydrogen (secondary N) is 1. The molecule has 2 aromatic rings. The quantitative estimate of drug-likeness (QED) is 0.672. The van der Waals surface area contributed by atoms with Crippen LogP contribution >= 0.6 is 0 Å². The molecule has 0 bridgehead atoms. The van der Waals surface area contributed by atoms with Crippen molar-refractivity contribution in [1.82, 2.24) is 9.80 Å². The number of hydrogen-bond donors (Lipinski definition) is 1. The fourth-order valence-corrected chi connectivity index (χ4v) is 3.87. The van der Waals surface area contributed by atoms with Crippen LogP contribution in [0.5, 0.6) is 0 Å². The zero-order valence-corrected chi connectivity index (χ0v) is 17.7. The minimum atomic E-state index is -0.312. The minimum absolute atomic E-state index is 0.0678. The molecule has 32 heavy (non-hydrogen) atoms. The van der Waals surface area contributed by atoms with Crippen molar-refractivity contribution in [3.05, 3.63) is 65.2 Å². The lowest BCUT2D eigenvalue weighted by molar-refractivity contribution is -0.134. The van der Waals surface area contributed by atoms with Gasteiger partial charge in [-0.25, -0.2) is 0 Å². The van der Waals surface area contributed by atoms with Crippen LogP contribution in [0.1, 0.15) is 39.1 Å². The molecule has 1 N–H and O–H groups in total. The van der Waals surface area contributed by atoms with E-state index in [1.807, 2.05) is 12.1 Å². The second kappa shape index (κ2) is 9.74. The molecule has 0 saturated carbocycles. The number of rotatable bonds is 7. The van der Waals surface area contributed by atoms with Gasteiger partial charge in [0, 0.05) is 31.7 Å². The number of imide groups is 1. The summed E-state index contributed by atoms with van der Waals surface area (Å²) in [4.78, 5) is 52.3. The molecule has 8 nitrogen and oxygen atoms in total. The molecule has 0 spiro atoms. The first-order valence-corrected chi connectivity index (χ1v) is 10.7. The van der Waals surface area contributed by atoms with Gasteiger partial charge in [0.2, 0.25) is 11.8 Å². The van der Waals surface area contributed by atoms with Gasteiger partial charge in [0.15, 0.2) is 0 Å².